The van der Waals surface area contributed by atoms with Crippen LogP contribution in [0, 0.1) is 0 Å². The molecule has 6 nitrogen and oxygen atoms in total. The second kappa shape index (κ2) is 3.28. The molecule has 2 N–H and O–H groups in total. The molecule has 70 valence electrons. The molecule has 1 saturated heterocycles. The van der Waals surface area contributed by atoms with E-state index in [1.165, 1.54) is 0 Å². The number of hydrogen-bond donors (Lipinski definition) is 2. The third kappa shape index (κ3) is 1.86. The third-order valence-corrected chi connectivity index (χ3v) is 3.31. The molecule has 0 radical (unpaired) electrons. The van der Waals surface area contributed by atoms with Crippen LogP contribution in [0.1, 0.15) is 0 Å². The Bertz CT molecular complexity index is 273. The van der Waals surface area contributed by atoms with Gasteiger partial charge < -0.3 is 10.4 Å². The van der Waals surface area contributed by atoms with E-state index in [9.17, 15) is 13.2 Å². The summed E-state index contributed by atoms with van der Waals surface area (Å²) >= 11 is 0. The van der Waals surface area contributed by atoms with E-state index in [1.807, 2.05) is 0 Å². The normalized spacial score (nSPS) is 23.2. The monoisotopic (exact) mass is 194 g/mol. The van der Waals surface area contributed by atoms with Gasteiger partial charge in [0.25, 0.3) is 0 Å². The number of rotatable bonds is 0. The molecule has 1 fully saturated rings. The lowest BCUT2D eigenvalue weighted by Crippen LogP contribution is -2.37. The Kier molecular flexibility index (Phi) is 2.53. The first-order valence-electron chi connectivity index (χ1n) is 3.48. The quantitative estimate of drug-likeness (QED) is 0.511. The fourth-order valence-electron chi connectivity index (χ4n) is 0.971. The van der Waals surface area contributed by atoms with Gasteiger partial charge >= 0.3 is 6.09 Å². The van der Waals surface area contributed by atoms with E-state index < -0.39 is 16.1 Å². The zero-order valence-electron chi connectivity index (χ0n) is 6.36. The number of amides is 1. The van der Waals surface area contributed by atoms with Crippen LogP contribution in [0.3, 0.4) is 0 Å². The molecule has 0 bridgehead atoms. The second-order valence-electron chi connectivity index (χ2n) is 2.42. The number of carbonyl (C=O) groups is 1. The van der Waals surface area contributed by atoms with Gasteiger partial charge in [0, 0.05) is 13.1 Å². The van der Waals surface area contributed by atoms with E-state index in [0.717, 1.165) is 0 Å². The minimum atomic E-state index is -3.59. The number of carboxylic acid groups (broad SMARTS) is 1. The SMILES string of the molecule is O=C(O)N1CCNCCS1(=O)=O. The highest BCUT2D eigenvalue weighted by Gasteiger charge is 2.27. The standard InChI is InChI=1S/C5H10N2O4S/c8-5(9)7-3-1-6-2-4-12(7,10)11/h6H,1-4H2,(H,8,9). The lowest BCUT2D eigenvalue weighted by atomic mass is 10.6. The first kappa shape index (κ1) is 9.27. The molecule has 0 saturated carbocycles. The molecule has 7 heteroatoms. The molecule has 1 amide bonds. The van der Waals surface area contributed by atoms with Gasteiger partial charge in [0.1, 0.15) is 0 Å². The molecule has 12 heavy (non-hydrogen) atoms. The summed E-state index contributed by atoms with van der Waals surface area (Å²) in [6.07, 6.45) is -1.40. The molecule has 1 aliphatic rings. The van der Waals surface area contributed by atoms with Gasteiger partial charge in [0.05, 0.1) is 12.3 Å². The van der Waals surface area contributed by atoms with Gasteiger partial charge in [0.15, 0.2) is 0 Å². The van der Waals surface area contributed by atoms with Crippen LogP contribution in [0.5, 0.6) is 0 Å². The Morgan fingerprint density at radius 1 is 1.42 bits per heavy atom. The smallest absolute Gasteiger partial charge is 0.421 e. The van der Waals surface area contributed by atoms with E-state index in [-0.39, 0.29) is 12.3 Å². The summed E-state index contributed by atoms with van der Waals surface area (Å²) in [7, 11) is -3.59. The maximum atomic E-state index is 11.1. The van der Waals surface area contributed by atoms with Crippen molar-refractivity contribution in [1.29, 1.82) is 0 Å². The molecule has 1 rings (SSSR count). The number of sulfonamides is 1. The fraction of sp³-hybridized carbons (Fsp3) is 0.800. The van der Waals surface area contributed by atoms with Gasteiger partial charge in [-0.05, 0) is 0 Å². The van der Waals surface area contributed by atoms with Crippen molar-refractivity contribution >= 4 is 16.1 Å². The number of nitrogens with zero attached hydrogens (tertiary/aromatic N) is 1. The summed E-state index contributed by atoms with van der Waals surface area (Å²) < 4.78 is 22.8. The van der Waals surface area contributed by atoms with Crippen molar-refractivity contribution in [1.82, 2.24) is 9.62 Å². The number of hydrogen-bond acceptors (Lipinski definition) is 4. The van der Waals surface area contributed by atoms with E-state index in [1.54, 1.807) is 0 Å². The zero-order valence-corrected chi connectivity index (χ0v) is 7.17. The topological polar surface area (TPSA) is 86.7 Å². The molecular weight excluding hydrogens is 184 g/mol. The van der Waals surface area contributed by atoms with Crippen LogP contribution in [0.25, 0.3) is 0 Å². The highest BCUT2D eigenvalue weighted by molar-refractivity contribution is 7.89. The van der Waals surface area contributed by atoms with Crippen molar-refractivity contribution in [2.24, 2.45) is 0 Å². The van der Waals surface area contributed by atoms with Crippen LogP contribution < -0.4 is 5.32 Å². The Balaban J connectivity index is 2.87. The van der Waals surface area contributed by atoms with Gasteiger partial charge in [-0.1, -0.05) is 0 Å². The van der Waals surface area contributed by atoms with E-state index in [4.69, 9.17) is 5.11 Å². The summed E-state index contributed by atoms with van der Waals surface area (Å²) in [4.78, 5) is 10.4. The molecule has 0 aromatic carbocycles. The minimum Gasteiger partial charge on any atom is -0.464 e. The summed E-state index contributed by atoms with van der Waals surface area (Å²) in [5.74, 6) is -0.153. The van der Waals surface area contributed by atoms with Gasteiger partial charge in [-0.3, -0.25) is 0 Å². The Morgan fingerprint density at radius 2 is 2.08 bits per heavy atom. The predicted molar refractivity (Wildman–Crippen MR) is 41.4 cm³/mol. The Morgan fingerprint density at radius 3 is 2.67 bits per heavy atom. The lowest BCUT2D eigenvalue weighted by Gasteiger charge is -2.14. The third-order valence-electron chi connectivity index (χ3n) is 1.58. The largest absolute Gasteiger partial charge is 0.464 e. The average molecular weight is 194 g/mol. The van der Waals surface area contributed by atoms with Crippen molar-refractivity contribution in [2.45, 2.75) is 0 Å². The summed E-state index contributed by atoms with van der Waals surface area (Å²) in [5.41, 5.74) is 0. The van der Waals surface area contributed by atoms with E-state index >= 15 is 0 Å². The molecule has 0 atom stereocenters. The number of nitrogens with one attached hydrogen (secondary N) is 1. The van der Waals surface area contributed by atoms with Crippen molar-refractivity contribution in [2.75, 3.05) is 25.4 Å². The summed E-state index contributed by atoms with van der Waals surface area (Å²) in [6.45, 7) is 0.690. The van der Waals surface area contributed by atoms with E-state index in [0.29, 0.717) is 17.4 Å². The fourth-order valence-corrected chi connectivity index (χ4v) is 2.20. The van der Waals surface area contributed by atoms with Crippen LogP contribution >= 0.6 is 0 Å². The van der Waals surface area contributed by atoms with Gasteiger partial charge in [-0.25, -0.2) is 17.5 Å². The predicted octanol–water partition coefficient (Wildman–Crippen LogP) is -1.10. The zero-order chi connectivity index (χ0) is 9.19. The molecular formula is C5H10N2O4S. The maximum Gasteiger partial charge on any atom is 0.421 e. The van der Waals surface area contributed by atoms with Gasteiger partial charge in [-0.15, -0.1) is 0 Å². The maximum absolute atomic E-state index is 11.1. The highest BCUT2D eigenvalue weighted by Crippen LogP contribution is 2.03. The van der Waals surface area contributed by atoms with Crippen LogP contribution in [0.2, 0.25) is 0 Å². The molecule has 1 aliphatic heterocycles. The lowest BCUT2D eigenvalue weighted by molar-refractivity contribution is 0.173. The second-order valence-corrected chi connectivity index (χ2v) is 4.43. The van der Waals surface area contributed by atoms with Crippen LogP contribution in [-0.4, -0.2) is 49.3 Å². The highest BCUT2D eigenvalue weighted by atomic mass is 32.2. The van der Waals surface area contributed by atoms with E-state index in [2.05, 4.69) is 5.32 Å². The molecule has 1 heterocycles. The average Bonchev–Trinajstić information content (AvgIpc) is 2.09. The molecule has 0 aliphatic carbocycles. The van der Waals surface area contributed by atoms with Gasteiger partial charge in [0.2, 0.25) is 10.0 Å². The molecule has 0 unspecified atom stereocenters. The van der Waals surface area contributed by atoms with Crippen molar-refractivity contribution in [3.63, 3.8) is 0 Å². The van der Waals surface area contributed by atoms with Crippen LogP contribution in [0.15, 0.2) is 0 Å². The molecule has 0 aromatic rings. The van der Waals surface area contributed by atoms with Gasteiger partial charge in [-0.2, -0.15) is 0 Å². The Hall–Kier alpha value is -0.820. The Labute approximate surface area is 70.2 Å². The summed E-state index contributed by atoms with van der Waals surface area (Å²) in [5, 5.41) is 11.3. The first-order chi connectivity index (χ1) is 5.54. The van der Waals surface area contributed by atoms with Crippen molar-refractivity contribution < 1.29 is 18.3 Å². The van der Waals surface area contributed by atoms with Crippen LogP contribution in [-0.2, 0) is 10.0 Å². The van der Waals surface area contributed by atoms with Crippen molar-refractivity contribution in [3.05, 3.63) is 0 Å². The van der Waals surface area contributed by atoms with Crippen molar-refractivity contribution in [3.8, 4) is 0 Å². The minimum absolute atomic E-state index is 0.00231. The van der Waals surface area contributed by atoms with Crippen LogP contribution in [0.4, 0.5) is 4.79 Å². The first-order valence-corrected chi connectivity index (χ1v) is 5.09. The molecule has 0 spiro atoms. The molecule has 0 aromatic heterocycles. The summed E-state index contributed by atoms with van der Waals surface area (Å²) in [6, 6.07) is 0.